The molecule has 0 radical (unpaired) electrons. The Morgan fingerprint density at radius 3 is 2.90 bits per heavy atom. The molecule has 0 fully saturated rings. The molecule has 8 heteroatoms. The van der Waals surface area contributed by atoms with Gasteiger partial charge >= 0.3 is 5.97 Å². The van der Waals surface area contributed by atoms with Gasteiger partial charge in [0.15, 0.2) is 9.90 Å². The number of carbonyl (C=O) groups excluding carboxylic acids is 1. The number of terminal acetylenes is 1. The largest absolute Gasteiger partial charge is 0.464 e. The molecule has 0 unspecified atom stereocenters. The number of hydrogen-bond acceptors (Lipinski definition) is 6. The Labute approximate surface area is 125 Å². The van der Waals surface area contributed by atoms with Crippen molar-refractivity contribution < 1.29 is 17.9 Å². The zero-order valence-electron chi connectivity index (χ0n) is 10.9. The van der Waals surface area contributed by atoms with E-state index < -0.39 is 16.0 Å². The van der Waals surface area contributed by atoms with Crippen molar-refractivity contribution in [2.75, 3.05) is 11.8 Å². The average Bonchev–Trinajstić information content (AvgIpc) is 2.96. The van der Waals surface area contributed by atoms with E-state index in [2.05, 4.69) is 20.4 Å². The first-order valence-electron chi connectivity index (χ1n) is 5.59. The number of thiazole rings is 1. The van der Waals surface area contributed by atoms with Gasteiger partial charge in [-0.05, 0) is 18.2 Å². The van der Waals surface area contributed by atoms with E-state index >= 15 is 0 Å². The number of sulfonamides is 1. The first-order valence-corrected chi connectivity index (χ1v) is 7.95. The molecule has 108 valence electrons. The van der Waals surface area contributed by atoms with Gasteiger partial charge in [0.2, 0.25) is 0 Å². The van der Waals surface area contributed by atoms with Crippen LogP contribution in [0.15, 0.2) is 34.0 Å². The van der Waals surface area contributed by atoms with Crippen LogP contribution >= 0.6 is 11.3 Å². The van der Waals surface area contributed by atoms with Crippen molar-refractivity contribution in [3.63, 3.8) is 0 Å². The lowest BCUT2D eigenvalue weighted by atomic mass is 10.2. The molecule has 2 aromatic rings. The Morgan fingerprint density at radius 2 is 2.24 bits per heavy atom. The summed E-state index contributed by atoms with van der Waals surface area (Å²) in [4.78, 5) is 15.2. The van der Waals surface area contributed by atoms with Crippen LogP contribution in [0.5, 0.6) is 0 Å². The second-order valence-electron chi connectivity index (χ2n) is 3.81. The van der Waals surface area contributed by atoms with Crippen molar-refractivity contribution in [1.29, 1.82) is 0 Å². The van der Waals surface area contributed by atoms with Crippen LogP contribution in [0.4, 0.5) is 5.69 Å². The zero-order chi connectivity index (χ0) is 15.5. The molecular formula is C13H10N2O4S2. The summed E-state index contributed by atoms with van der Waals surface area (Å²) in [6, 6.07) is 6.36. The first-order chi connectivity index (χ1) is 9.97. The minimum Gasteiger partial charge on any atom is -0.464 e. The van der Waals surface area contributed by atoms with Crippen LogP contribution in [0.3, 0.4) is 0 Å². The van der Waals surface area contributed by atoms with Gasteiger partial charge in [-0.1, -0.05) is 12.0 Å². The summed E-state index contributed by atoms with van der Waals surface area (Å²) in [7, 11) is -2.79. The maximum atomic E-state index is 12.3. The van der Waals surface area contributed by atoms with E-state index in [1.807, 2.05) is 0 Å². The molecule has 0 amide bonds. The van der Waals surface area contributed by atoms with E-state index in [1.54, 1.807) is 18.2 Å². The molecule has 1 heterocycles. The lowest BCUT2D eigenvalue weighted by Gasteiger charge is -2.07. The number of aromatic nitrogens is 1. The van der Waals surface area contributed by atoms with Crippen LogP contribution in [0, 0.1) is 12.3 Å². The van der Waals surface area contributed by atoms with Gasteiger partial charge in [-0.2, -0.15) is 0 Å². The maximum absolute atomic E-state index is 12.3. The number of carbonyl (C=O) groups is 1. The molecule has 0 aliphatic rings. The van der Waals surface area contributed by atoms with Crippen LogP contribution < -0.4 is 4.72 Å². The number of methoxy groups -OCH3 is 1. The summed E-state index contributed by atoms with van der Waals surface area (Å²) in [5.74, 6) is 1.60. The molecule has 0 saturated carbocycles. The Hall–Kier alpha value is -2.37. The molecule has 1 aromatic carbocycles. The highest BCUT2D eigenvalue weighted by atomic mass is 32.2. The third kappa shape index (κ3) is 3.21. The van der Waals surface area contributed by atoms with Crippen LogP contribution in [0.2, 0.25) is 0 Å². The van der Waals surface area contributed by atoms with Gasteiger partial charge < -0.3 is 4.74 Å². The van der Waals surface area contributed by atoms with Gasteiger partial charge in [-0.25, -0.2) is 18.2 Å². The molecule has 0 aliphatic heterocycles. The minimum absolute atomic E-state index is 0.208. The maximum Gasteiger partial charge on any atom is 0.358 e. The Balaban J connectivity index is 2.37. The number of anilines is 1. The number of nitrogens with one attached hydrogen (secondary N) is 1. The van der Waals surface area contributed by atoms with E-state index in [0.29, 0.717) is 11.3 Å². The van der Waals surface area contributed by atoms with E-state index in [-0.39, 0.29) is 9.90 Å². The van der Waals surface area contributed by atoms with Gasteiger partial charge in [0.05, 0.1) is 18.3 Å². The topological polar surface area (TPSA) is 85.4 Å². The number of hydrogen-bond donors (Lipinski definition) is 1. The van der Waals surface area contributed by atoms with E-state index in [4.69, 9.17) is 6.42 Å². The standard InChI is InChI=1S/C13H10N2O4S2/c1-3-9-5-4-6-10(7-9)15-21(17,18)13-11(12(16)19-2)14-8-20-13/h1,4-8,15H,2H3. The molecule has 0 spiro atoms. The van der Waals surface area contributed by atoms with Crippen LogP contribution in [-0.4, -0.2) is 26.5 Å². The van der Waals surface area contributed by atoms with E-state index in [0.717, 1.165) is 18.4 Å². The SMILES string of the molecule is C#Cc1cccc(NS(=O)(=O)c2scnc2C(=O)OC)c1. The summed E-state index contributed by atoms with van der Waals surface area (Å²) in [5, 5.41) is 0. The average molecular weight is 322 g/mol. The van der Waals surface area contributed by atoms with Crippen LogP contribution in [-0.2, 0) is 14.8 Å². The summed E-state index contributed by atoms with van der Waals surface area (Å²) in [6.45, 7) is 0. The third-order valence-corrected chi connectivity index (χ3v) is 5.19. The highest BCUT2D eigenvalue weighted by Gasteiger charge is 2.26. The first kappa shape index (κ1) is 15.0. The van der Waals surface area contributed by atoms with E-state index in [1.165, 1.54) is 11.6 Å². The molecule has 0 atom stereocenters. The number of rotatable bonds is 4. The fourth-order valence-corrected chi connectivity index (χ4v) is 3.72. The summed E-state index contributed by atoms with van der Waals surface area (Å²) in [5.41, 5.74) is 1.85. The smallest absolute Gasteiger partial charge is 0.358 e. The third-order valence-electron chi connectivity index (χ3n) is 2.44. The van der Waals surface area contributed by atoms with Crippen LogP contribution in [0.1, 0.15) is 16.1 Å². The second-order valence-corrected chi connectivity index (χ2v) is 6.54. The monoisotopic (exact) mass is 322 g/mol. The van der Waals surface area contributed by atoms with Gasteiger partial charge in [-0.3, -0.25) is 4.72 Å². The number of benzene rings is 1. The molecule has 2 rings (SSSR count). The number of nitrogens with zero attached hydrogens (tertiary/aromatic N) is 1. The number of ether oxygens (including phenoxy) is 1. The fraction of sp³-hybridized carbons (Fsp3) is 0.0769. The van der Waals surface area contributed by atoms with Gasteiger partial charge in [0.1, 0.15) is 0 Å². The van der Waals surface area contributed by atoms with Crippen molar-refractivity contribution in [2.45, 2.75) is 4.21 Å². The molecule has 1 N–H and O–H groups in total. The quantitative estimate of drug-likeness (QED) is 0.684. The highest BCUT2D eigenvalue weighted by Crippen LogP contribution is 2.24. The zero-order valence-corrected chi connectivity index (χ0v) is 12.5. The predicted molar refractivity (Wildman–Crippen MR) is 78.6 cm³/mol. The van der Waals surface area contributed by atoms with E-state index in [9.17, 15) is 13.2 Å². The second kappa shape index (κ2) is 5.95. The van der Waals surface area contributed by atoms with Crippen molar-refractivity contribution in [1.82, 2.24) is 4.98 Å². The molecule has 0 aliphatic carbocycles. The summed E-state index contributed by atoms with van der Waals surface area (Å²) in [6.07, 6.45) is 5.26. The summed E-state index contributed by atoms with van der Waals surface area (Å²) >= 11 is 0.827. The normalized spacial score (nSPS) is 10.7. The Bertz CT molecular complexity index is 819. The number of esters is 1. The fourth-order valence-electron chi connectivity index (χ4n) is 1.53. The van der Waals surface area contributed by atoms with Crippen molar-refractivity contribution in [3.05, 3.63) is 41.0 Å². The van der Waals surface area contributed by atoms with Crippen molar-refractivity contribution in [2.24, 2.45) is 0 Å². The summed E-state index contributed by atoms with van der Waals surface area (Å²) < 4.78 is 31.3. The lowest BCUT2D eigenvalue weighted by Crippen LogP contribution is -2.16. The molecule has 0 bridgehead atoms. The minimum atomic E-state index is -3.94. The Morgan fingerprint density at radius 1 is 1.48 bits per heavy atom. The molecular weight excluding hydrogens is 312 g/mol. The molecule has 21 heavy (non-hydrogen) atoms. The molecule has 0 saturated heterocycles. The lowest BCUT2D eigenvalue weighted by molar-refractivity contribution is 0.0590. The van der Waals surface area contributed by atoms with Crippen LogP contribution in [0.25, 0.3) is 0 Å². The Kier molecular flexibility index (Phi) is 4.26. The van der Waals surface area contributed by atoms with Gasteiger partial charge in [0.25, 0.3) is 10.0 Å². The predicted octanol–water partition coefficient (Wildman–Crippen LogP) is 1.71. The molecule has 6 nitrogen and oxygen atoms in total. The van der Waals surface area contributed by atoms with Gasteiger partial charge in [0, 0.05) is 5.56 Å². The highest BCUT2D eigenvalue weighted by molar-refractivity contribution is 7.94. The van der Waals surface area contributed by atoms with Crippen molar-refractivity contribution >= 4 is 33.0 Å². The van der Waals surface area contributed by atoms with Gasteiger partial charge in [-0.15, -0.1) is 17.8 Å². The molecule has 1 aromatic heterocycles. The van der Waals surface area contributed by atoms with Crippen molar-refractivity contribution in [3.8, 4) is 12.3 Å².